The van der Waals surface area contributed by atoms with Gasteiger partial charge in [-0.3, -0.25) is 4.79 Å². The number of hydrogen-bond acceptors (Lipinski definition) is 2. The standard InChI is InChI=1S/C17H19BrN2O/c1-12-6-7-15(10-13(12)2)19-9-8-17(21)20-16-5-3-4-14(18)11-16/h3-7,10-11,19H,8-9H2,1-2H3,(H,20,21). The minimum Gasteiger partial charge on any atom is -0.385 e. The summed E-state index contributed by atoms with van der Waals surface area (Å²) in [6.45, 7) is 4.79. The molecule has 0 aliphatic rings. The van der Waals surface area contributed by atoms with E-state index in [2.05, 4.69) is 52.5 Å². The molecule has 0 saturated carbocycles. The molecule has 0 aromatic heterocycles. The molecule has 21 heavy (non-hydrogen) atoms. The number of benzene rings is 2. The fraction of sp³-hybridized carbons (Fsp3) is 0.235. The first-order valence-electron chi connectivity index (χ1n) is 6.91. The van der Waals surface area contributed by atoms with Crippen LogP contribution in [0.15, 0.2) is 46.9 Å². The minimum atomic E-state index is 0.00411. The van der Waals surface area contributed by atoms with Crippen molar-refractivity contribution in [3.8, 4) is 0 Å². The number of carbonyl (C=O) groups excluding carboxylic acids is 1. The van der Waals surface area contributed by atoms with Crippen LogP contribution < -0.4 is 10.6 Å². The van der Waals surface area contributed by atoms with Crippen molar-refractivity contribution in [1.82, 2.24) is 0 Å². The van der Waals surface area contributed by atoms with Crippen molar-refractivity contribution in [2.24, 2.45) is 0 Å². The third kappa shape index (κ3) is 4.90. The van der Waals surface area contributed by atoms with Crippen molar-refractivity contribution in [2.45, 2.75) is 20.3 Å². The number of amides is 1. The molecule has 110 valence electrons. The van der Waals surface area contributed by atoms with Gasteiger partial charge in [-0.25, -0.2) is 0 Å². The number of hydrogen-bond donors (Lipinski definition) is 2. The van der Waals surface area contributed by atoms with Crippen LogP contribution in [0.1, 0.15) is 17.5 Å². The third-order valence-electron chi connectivity index (χ3n) is 3.30. The minimum absolute atomic E-state index is 0.00411. The first kappa shape index (κ1) is 15.6. The normalized spacial score (nSPS) is 10.2. The average molecular weight is 347 g/mol. The molecule has 0 bridgehead atoms. The van der Waals surface area contributed by atoms with Crippen molar-refractivity contribution in [3.05, 3.63) is 58.1 Å². The Hall–Kier alpha value is -1.81. The lowest BCUT2D eigenvalue weighted by atomic mass is 10.1. The largest absolute Gasteiger partial charge is 0.385 e. The molecule has 2 rings (SSSR count). The van der Waals surface area contributed by atoms with E-state index in [1.165, 1.54) is 11.1 Å². The first-order valence-corrected chi connectivity index (χ1v) is 7.70. The Balaban J connectivity index is 1.80. The summed E-state index contributed by atoms with van der Waals surface area (Å²) in [4.78, 5) is 11.9. The summed E-state index contributed by atoms with van der Waals surface area (Å²) >= 11 is 3.38. The topological polar surface area (TPSA) is 41.1 Å². The van der Waals surface area contributed by atoms with Gasteiger partial charge in [0.25, 0.3) is 0 Å². The van der Waals surface area contributed by atoms with Crippen LogP contribution in [0.5, 0.6) is 0 Å². The molecular weight excluding hydrogens is 328 g/mol. The summed E-state index contributed by atoms with van der Waals surface area (Å²) in [5, 5.41) is 6.15. The maximum atomic E-state index is 11.9. The van der Waals surface area contributed by atoms with Gasteiger partial charge in [0, 0.05) is 28.8 Å². The SMILES string of the molecule is Cc1ccc(NCCC(=O)Nc2cccc(Br)c2)cc1C. The van der Waals surface area contributed by atoms with Gasteiger partial charge in [0.2, 0.25) is 5.91 Å². The summed E-state index contributed by atoms with van der Waals surface area (Å²) in [7, 11) is 0. The molecule has 0 saturated heterocycles. The van der Waals surface area contributed by atoms with Gasteiger partial charge in [0.1, 0.15) is 0 Å². The second kappa shape index (κ2) is 7.27. The molecule has 2 aromatic rings. The number of halogens is 1. The van der Waals surface area contributed by atoms with E-state index in [-0.39, 0.29) is 5.91 Å². The third-order valence-corrected chi connectivity index (χ3v) is 3.79. The number of rotatable bonds is 5. The fourth-order valence-corrected chi connectivity index (χ4v) is 2.36. The van der Waals surface area contributed by atoms with Crippen molar-refractivity contribution >= 4 is 33.2 Å². The van der Waals surface area contributed by atoms with E-state index in [1.54, 1.807) is 0 Å². The van der Waals surface area contributed by atoms with E-state index in [9.17, 15) is 4.79 Å². The smallest absolute Gasteiger partial charge is 0.226 e. The van der Waals surface area contributed by atoms with Crippen LogP contribution >= 0.6 is 15.9 Å². The predicted molar refractivity (Wildman–Crippen MR) is 91.8 cm³/mol. The molecule has 0 heterocycles. The highest BCUT2D eigenvalue weighted by Gasteiger charge is 2.03. The lowest BCUT2D eigenvalue weighted by Gasteiger charge is -2.09. The zero-order valence-electron chi connectivity index (χ0n) is 12.2. The van der Waals surface area contributed by atoms with Gasteiger partial charge in [-0.05, 0) is 55.3 Å². The summed E-state index contributed by atoms with van der Waals surface area (Å²) in [6, 6.07) is 13.8. The Morgan fingerprint density at radius 3 is 2.57 bits per heavy atom. The van der Waals surface area contributed by atoms with E-state index in [1.807, 2.05) is 30.3 Å². The van der Waals surface area contributed by atoms with E-state index < -0.39 is 0 Å². The molecule has 1 amide bonds. The molecule has 4 heteroatoms. The van der Waals surface area contributed by atoms with E-state index in [0.717, 1.165) is 15.8 Å². The van der Waals surface area contributed by atoms with Crippen LogP contribution in [-0.2, 0) is 4.79 Å². The van der Waals surface area contributed by atoms with Crippen LogP contribution in [0.3, 0.4) is 0 Å². The first-order chi connectivity index (χ1) is 10.0. The average Bonchev–Trinajstić information content (AvgIpc) is 2.43. The van der Waals surface area contributed by atoms with E-state index in [4.69, 9.17) is 0 Å². The molecule has 2 aromatic carbocycles. The van der Waals surface area contributed by atoms with E-state index >= 15 is 0 Å². The number of nitrogens with one attached hydrogen (secondary N) is 2. The zero-order valence-corrected chi connectivity index (χ0v) is 13.8. The Kier molecular flexibility index (Phi) is 5.39. The summed E-state index contributed by atoms with van der Waals surface area (Å²) < 4.78 is 0.952. The van der Waals surface area contributed by atoms with Crippen molar-refractivity contribution in [2.75, 3.05) is 17.2 Å². The highest BCUT2D eigenvalue weighted by molar-refractivity contribution is 9.10. The molecule has 3 nitrogen and oxygen atoms in total. The van der Waals surface area contributed by atoms with Crippen molar-refractivity contribution in [1.29, 1.82) is 0 Å². The van der Waals surface area contributed by atoms with Crippen molar-refractivity contribution in [3.63, 3.8) is 0 Å². The second-order valence-electron chi connectivity index (χ2n) is 5.03. The molecular formula is C17H19BrN2O. The highest BCUT2D eigenvalue weighted by Crippen LogP contribution is 2.16. The lowest BCUT2D eigenvalue weighted by molar-refractivity contribution is -0.115. The maximum Gasteiger partial charge on any atom is 0.226 e. The van der Waals surface area contributed by atoms with Gasteiger partial charge < -0.3 is 10.6 Å². The van der Waals surface area contributed by atoms with Crippen LogP contribution in [0.2, 0.25) is 0 Å². The molecule has 0 aliphatic heterocycles. The molecule has 0 fully saturated rings. The zero-order chi connectivity index (χ0) is 15.2. The highest BCUT2D eigenvalue weighted by atomic mass is 79.9. The van der Waals surface area contributed by atoms with Gasteiger partial charge in [-0.1, -0.05) is 28.1 Å². The van der Waals surface area contributed by atoms with Crippen LogP contribution in [0.25, 0.3) is 0 Å². The monoisotopic (exact) mass is 346 g/mol. The number of aryl methyl sites for hydroxylation is 2. The lowest BCUT2D eigenvalue weighted by Crippen LogP contribution is -2.16. The molecule has 0 spiro atoms. The summed E-state index contributed by atoms with van der Waals surface area (Å²) in [6.07, 6.45) is 0.430. The van der Waals surface area contributed by atoms with Gasteiger partial charge in [-0.2, -0.15) is 0 Å². The maximum absolute atomic E-state index is 11.9. The van der Waals surface area contributed by atoms with Gasteiger partial charge >= 0.3 is 0 Å². The van der Waals surface area contributed by atoms with E-state index in [0.29, 0.717) is 13.0 Å². The van der Waals surface area contributed by atoms with Gasteiger partial charge in [-0.15, -0.1) is 0 Å². The Bertz CT molecular complexity index is 640. The predicted octanol–water partition coefficient (Wildman–Crippen LogP) is 4.51. The summed E-state index contributed by atoms with van der Waals surface area (Å²) in [5.41, 5.74) is 4.38. The Morgan fingerprint density at radius 2 is 1.86 bits per heavy atom. The number of anilines is 2. The fourth-order valence-electron chi connectivity index (χ4n) is 1.96. The Labute approximate surface area is 133 Å². The van der Waals surface area contributed by atoms with Gasteiger partial charge in [0.05, 0.1) is 0 Å². The molecule has 0 atom stereocenters. The molecule has 0 radical (unpaired) electrons. The van der Waals surface area contributed by atoms with Crippen LogP contribution in [0, 0.1) is 13.8 Å². The van der Waals surface area contributed by atoms with Gasteiger partial charge in [0.15, 0.2) is 0 Å². The number of carbonyl (C=O) groups is 1. The Morgan fingerprint density at radius 1 is 1.05 bits per heavy atom. The van der Waals surface area contributed by atoms with Crippen molar-refractivity contribution < 1.29 is 4.79 Å². The summed E-state index contributed by atoms with van der Waals surface area (Å²) in [5.74, 6) is 0.00411. The molecule has 0 aliphatic carbocycles. The van der Waals surface area contributed by atoms with Crippen LogP contribution in [-0.4, -0.2) is 12.5 Å². The second-order valence-corrected chi connectivity index (χ2v) is 5.95. The van der Waals surface area contributed by atoms with Crippen LogP contribution in [0.4, 0.5) is 11.4 Å². The molecule has 0 unspecified atom stereocenters. The molecule has 2 N–H and O–H groups in total. The quantitative estimate of drug-likeness (QED) is 0.836.